The number of nitrogens with one attached hydrogen (secondary N) is 1. The standard InChI is InChI=1S/C15H33N3O/c1-6-8-9-18(13(5)7-2)14(11-16)10-15(19)17-12(3)4/h12-14H,6-11,16H2,1-5H3,(H,17,19). The molecule has 2 atom stereocenters. The fraction of sp³-hybridized carbons (Fsp3) is 0.933. The van der Waals surface area contributed by atoms with Crippen LogP contribution in [0.5, 0.6) is 0 Å². The van der Waals surface area contributed by atoms with Crippen molar-refractivity contribution in [2.24, 2.45) is 5.73 Å². The number of hydrogen-bond donors (Lipinski definition) is 2. The predicted octanol–water partition coefficient (Wildman–Crippen LogP) is 2.13. The molecule has 4 heteroatoms. The van der Waals surface area contributed by atoms with E-state index in [0.29, 0.717) is 19.0 Å². The minimum Gasteiger partial charge on any atom is -0.354 e. The average molecular weight is 271 g/mol. The normalized spacial score (nSPS) is 14.7. The summed E-state index contributed by atoms with van der Waals surface area (Å²) in [4.78, 5) is 14.3. The molecule has 0 saturated carbocycles. The van der Waals surface area contributed by atoms with Crippen molar-refractivity contribution in [3.05, 3.63) is 0 Å². The summed E-state index contributed by atoms with van der Waals surface area (Å²) in [6, 6.07) is 0.825. The van der Waals surface area contributed by atoms with Crippen LogP contribution in [0.2, 0.25) is 0 Å². The van der Waals surface area contributed by atoms with Gasteiger partial charge in [0.15, 0.2) is 0 Å². The van der Waals surface area contributed by atoms with Crippen LogP contribution < -0.4 is 11.1 Å². The minimum absolute atomic E-state index is 0.107. The molecule has 19 heavy (non-hydrogen) atoms. The second-order valence-electron chi connectivity index (χ2n) is 5.66. The van der Waals surface area contributed by atoms with Crippen molar-refractivity contribution < 1.29 is 4.79 Å². The SMILES string of the molecule is CCCCN(C(C)CC)C(CN)CC(=O)NC(C)C. The molecular formula is C15H33N3O. The topological polar surface area (TPSA) is 58.4 Å². The Hall–Kier alpha value is -0.610. The number of carbonyl (C=O) groups is 1. The summed E-state index contributed by atoms with van der Waals surface area (Å²) < 4.78 is 0. The lowest BCUT2D eigenvalue weighted by atomic mass is 10.1. The van der Waals surface area contributed by atoms with E-state index >= 15 is 0 Å². The zero-order valence-electron chi connectivity index (χ0n) is 13.4. The van der Waals surface area contributed by atoms with E-state index in [4.69, 9.17) is 5.73 Å². The molecule has 0 aliphatic rings. The second kappa shape index (κ2) is 10.2. The van der Waals surface area contributed by atoms with E-state index < -0.39 is 0 Å². The van der Waals surface area contributed by atoms with E-state index in [-0.39, 0.29) is 18.0 Å². The Morgan fingerprint density at radius 1 is 1.26 bits per heavy atom. The molecule has 1 amide bonds. The van der Waals surface area contributed by atoms with Crippen LogP contribution in [0.1, 0.15) is 60.3 Å². The van der Waals surface area contributed by atoms with Crippen molar-refractivity contribution >= 4 is 5.91 Å². The van der Waals surface area contributed by atoms with Crippen LogP contribution in [-0.4, -0.2) is 42.0 Å². The maximum absolute atomic E-state index is 11.9. The third-order valence-corrected chi connectivity index (χ3v) is 3.54. The Kier molecular flexibility index (Phi) is 9.88. The zero-order chi connectivity index (χ0) is 14.8. The van der Waals surface area contributed by atoms with Gasteiger partial charge in [-0.05, 0) is 40.2 Å². The van der Waals surface area contributed by atoms with Crippen molar-refractivity contribution in [1.82, 2.24) is 10.2 Å². The first kappa shape index (κ1) is 18.4. The molecule has 4 nitrogen and oxygen atoms in total. The summed E-state index contributed by atoms with van der Waals surface area (Å²) in [6.45, 7) is 12.1. The summed E-state index contributed by atoms with van der Waals surface area (Å²) in [7, 11) is 0. The van der Waals surface area contributed by atoms with Gasteiger partial charge in [-0.2, -0.15) is 0 Å². The highest BCUT2D eigenvalue weighted by molar-refractivity contribution is 5.76. The quantitative estimate of drug-likeness (QED) is 0.640. The number of hydrogen-bond acceptors (Lipinski definition) is 3. The van der Waals surface area contributed by atoms with Gasteiger partial charge in [-0.25, -0.2) is 0 Å². The maximum atomic E-state index is 11.9. The first-order chi connectivity index (χ1) is 8.96. The predicted molar refractivity (Wildman–Crippen MR) is 82.1 cm³/mol. The largest absolute Gasteiger partial charge is 0.354 e. The van der Waals surface area contributed by atoms with Gasteiger partial charge in [-0.1, -0.05) is 20.3 Å². The van der Waals surface area contributed by atoms with Crippen molar-refractivity contribution in [2.75, 3.05) is 13.1 Å². The van der Waals surface area contributed by atoms with Crippen molar-refractivity contribution in [3.63, 3.8) is 0 Å². The fourth-order valence-corrected chi connectivity index (χ4v) is 2.27. The van der Waals surface area contributed by atoms with Crippen molar-refractivity contribution in [1.29, 1.82) is 0 Å². The summed E-state index contributed by atoms with van der Waals surface area (Å²) in [5.74, 6) is 0.107. The molecule has 114 valence electrons. The lowest BCUT2D eigenvalue weighted by molar-refractivity contribution is -0.123. The van der Waals surface area contributed by atoms with Gasteiger partial charge < -0.3 is 11.1 Å². The van der Waals surface area contributed by atoms with Crippen molar-refractivity contribution in [2.45, 2.75) is 78.4 Å². The van der Waals surface area contributed by atoms with Gasteiger partial charge >= 0.3 is 0 Å². The Bertz CT molecular complexity index is 244. The summed E-state index contributed by atoms with van der Waals surface area (Å²) in [6.07, 6.45) is 3.92. The van der Waals surface area contributed by atoms with Crippen LogP contribution in [0.3, 0.4) is 0 Å². The molecule has 0 aromatic carbocycles. The first-order valence-corrected chi connectivity index (χ1v) is 7.71. The molecule has 0 spiro atoms. The average Bonchev–Trinajstić information content (AvgIpc) is 2.36. The van der Waals surface area contributed by atoms with Crippen LogP contribution in [0, 0.1) is 0 Å². The lowest BCUT2D eigenvalue weighted by Crippen LogP contribution is -2.48. The van der Waals surface area contributed by atoms with Crippen LogP contribution in [0.15, 0.2) is 0 Å². The van der Waals surface area contributed by atoms with Gasteiger partial charge in [0.2, 0.25) is 5.91 Å². The highest BCUT2D eigenvalue weighted by atomic mass is 16.1. The first-order valence-electron chi connectivity index (χ1n) is 7.71. The molecular weight excluding hydrogens is 238 g/mol. The molecule has 2 unspecified atom stereocenters. The van der Waals surface area contributed by atoms with Crippen LogP contribution >= 0.6 is 0 Å². The van der Waals surface area contributed by atoms with Gasteiger partial charge in [0.25, 0.3) is 0 Å². The van der Waals surface area contributed by atoms with Gasteiger partial charge in [0, 0.05) is 31.1 Å². The molecule has 0 fully saturated rings. The molecule has 0 aromatic rings. The fourth-order valence-electron chi connectivity index (χ4n) is 2.27. The number of carbonyl (C=O) groups excluding carboxylic acids is 1. The smallest absolute Gasteiger partial charge is 0.221 e. The molecule has 0 radical (unpaired) electrons. The van der Waals surface area contributed by atoms with E-state index in [1.807, 2.05) is 13.8 Å². The number of unbranched alkanes of at least 4 members (excludes halogenated alkanes) is 1. The second-order valence-corrected chi connectivity index (χ2v) is 5.66. The minimum atomic E-state index is 0.107. The Labute approximate surface area is 119 Å². The highest BCUT2D eigenvalue weighted by Gasteiger charge is 2.23. The Morgan fingerprint density at radius 3 is 2.32 bits per heavy atom. The highest BCUT2D eigenvalue weighted by Crippen LogP contribution is 2.13. The van der Waals surface area contributed by atoms with Crippen LogP contribution in [-0.2, 0) is 4.79 Å². The molecule has 0 rings (SSSR count). The van der Waals surface area contributed by atoms with Crippen LogP contribution in [0.25, 0.3) is 0 Å². The molecule has 3 N–H and O–H groups in total. The summed E-state index contributed by atoms with van der Waals surface area (Å²) in [5.41, 5.74) is 5.90. The molecule has 0 bridgehead atoms. The number of nitrogens with two attached hydrogens (primary N) is 1. The van der Waals surface area contributed by atoms with Gasteiger partial charge in [-0.15, -0.1) is 0 Å². The van der Waals surface area contributed by atoms with Gasteiger partial charge in [-0.3, -0.25) is 9.69 Å². The monoisotopic (exact) mass is 271 g/mol. The Morgan fingerprint density at radius 2 is 1.89 bits per heavy atom. The van der Waals surface area contributed by atoms with Gasteiger partial charge in [0.05, 0.1) is 0 Å². The third-order valence-electron chi connectivity index (χ3n) is 3.54. The van der Waals surface area contributed by atoms with E-state index in [1.165, 1.54) is 6.42 Å². The van der Waals surface area contributed by atoms with Gasteiger partial charge in [0.1, 0.15) is 0 Å². The lowest BCUT2D eigenvalue weighted by Gasteiger charge is -2.35. The van der Waals surface area contributed by atoms with Crippen molar-refractivity contribution in [3.8, 4) is 0 Å². The molecule has 0 aliphatic carbocycles. The van der Waals surface area contributed by atoms with E-state index in [2.05, 4.69) is 31.0 Å². The van der Waals surface area contributed by atoms with E-state index in [9.17, 15) is 4.79 Å². The molecule has 0 saturated heterocycles. The van der Waals surface area contributed by atoms with Crippen LogP contribution in [0.4, 0.5) is 0 Å². The zero-order valence-corrected chi connectivity index (χ0v) is 13.4. The summed E-state index contributed by atoms with van der Waals surface area (Å²) >= 11 is 0. The maximum Gasteiger partial charge on any atom is 0.221 e. The number of nitrogens with zero attached hydrogens (tertiary/aromatic N) is 1. The third kappa shape index (κ3) is 7.53. The van der Waals surface area contributed by atoms with E-state index in [1.54, 1.807) is 0 Å². The number of rotatable bonds is 10. The summed E-state index contributed by atoms with van der Waals surface area (Å²) in [5, 5.41) is 2.95. The Balaban J connectivity index is 4.58. The molecule has 0 aliphatic heterocycles. The number of amides is 1. The molecule has 0 heterocycles. The van der Waals surface area contributed by atoms with E-state index in [0.717, 1.165) is 19.4 Å². The molecule has 0 aromatic heterocycles.